The normalized spacial score (nSPS) is 10.2. The van der Waals surface area contributed by atoms with Gasteiger partial charge in [0, 0.05) is 12.6 Å². The second kappa shape index (κ2) is 9.19. The summed E-state index contributed by atoms with van der Waals surface area (Å²) in [7, 11) is 0. The smallest absolute Gasteiger partial charge is 0.294 e. The number of hydrogen-bond acceptors (Lipinski definition) is 6. The zero-order chi connectivity index (χ0) is 15.7. The minimum Gasteiger partial charge on any atom is -0.352 e. The van der Waals surface area contributed by atoms with Crippen molar-refractivity contribution < 1.29 is 9.72 Å². The number of amides is 1. The van der Waals surface area contributed by atoms with Gasteiger partial charge in [-0.05, 0) is 30.9 Å². The fourth-order valence-electron chi connectivity index (χ4n) is 1.88. The van der Waals surface area contributed by atoms with Crippen molar-refractivity contribution in [2.24, 2.45) is 5.84 Å². The molecule has 0 radical (unpaired) electrons. The predicted molar refractivity (Wildman–Crippen MR) is 85.5 cm³/mol. The van der Waals surface area contributed by atoms with Crippen LogP contribution in [0, 0.1) is 10.1 Å². The Balaban J connectivity index is 2.62. The third-order valence-electron chi connectivity index (χ3n) is 2.94. The number of unbranched alkanes of at least 4 members (excludes halogenated alkanes) is 2. The summed E-state index contributed by atoms with van der Waals surface area (Å²) in [4.78, 5) is 22.4. The summed E-state index contributed by atoms with van der Waals surface area (Å²) in [5, 5.41) is 13.6. The van der Waals surface area contributed by atoms with Gasteiger partial charge in [0.25, 0.3) is 11.6 Å². The van der Waals surface area contributed by atoms with E-state index in [4.69, 9.17) is 5.84 Å². The molecule has 0 fully saturated rings. The Kier molecular flexibility index (Phi) is 7.55. The number of hydrogen-bond donors (Lipinski definition) is 3. The van der Waals surface area contributed by atoms with Gasteiger partial charge < -0.3 is 10.7 Å². The first-order valence-corrected chi connectivity index (χ1v) is 8.02. The number of nitrogens with two attached hydrogens (primary N) is 1. The molecule has 21 heavy (non-hydrogen) atoms. The van der Waals surface area contributed by atoms with E-state index in [2.05, 4.69) is 17.0 Å². The molecule has 1 aromatic carbocycles. The molecule has 0 unspecified atom stereocenters. The van der Waals surface area contributed by atoms with Gasteiger partial charge in [-0.3, -0.25) is 20.8 Å². The molecule has 116 valence electrons. The summed E-state index contributed by atoms with van der Waals surface area (Å²) >= 11 is 1.80. The fraction of sp³-hybridized carbons (Fsp3) is 0.462. The lowest BCUT2D eigenvalue weighted by atomic mass is 10.1. The van der Waals surface area contributed by atoms with Crippen molar-refractivity contribution in [3.63, 3.8) is 0 Å². The number of thioether (sulfide) groups is 1. The summed E-state index contributed by atoms with van der Waals surface area (Å²) < 4.78 is 0. The highest BCUT2D eigenvalue weighted by atomic mass is 32.2. The quantitative estimate of drug-likeness (QED) is 0.279. The van der Waals surface area contributed by atoms with E-state index in [-0.39, 0.29) is 22.8 Å². The minimum atomic E-state index is -0.575. The number of hydrazine groups is 1. The van der Waals surface area contributed by atoms with Crippen molar-refractivity contribution in [3.8, 4) is 0 Å². The zero-order valence-electron chi connectivity index (χ0n) is 11.9. The van der Waals surface area contributed by atoms with Gasteiger partial charge in [-0.25, -0.2) is 0 Å². The van der Waals surface area contributed by atoms with Crippen LogP contribution in [0.1, 0.15) is 29.6 Å². The highest BCUT2D eigenvalue weighted by molar-refractivity contribution is 7.98. The molecule has 1 amide bonds. The first-order chi connectivity index (χ1) is 10.1. The number of benzene rings is 1. The van der Waals surface area contributed by atoms with Crippen molar-refractivity contribution in [3.05, 3.63) is 33.9 Å². The van der Waals surface area contributed by atoms with Crippen LogP contribution < -0.4 is 16.6 Å². The lowest BCUT2D eigenvalue weighted by Gasteiger charge is -2.09. The largest absolute Gasteiger partial charge is 0.352 e. The Morgan fingerprint density at radius 2 is 2.14 bits per heavy atom. The molecule has 0 aliphatic rings. The zero-order valence-corrected chi connectivity index (χ0v) is 12.7. The predicted octanol–water partition coefficient (Wildman–Crippen LogP) is 2.14. The number of carbonyl (C=O) groups is 1. The average molecular weight is 312 g/mol. The van der Waals surface area contributed by atoms with Crippen molar-refractivity contribution >= 4 is 29.0 Å². The molecule has 0 aromatic heterocycles. The van der Waals surface area contributed by atoms with Crippen LogP contribution in [0.4, 0.5) is 11.4 Å². The van der Waals surface area contributed by atoms with Crippen LogP contribution in [-0.4, -0.2) is 29.4 Å². The van der Waals surface area contributed by atoms with Crippen molar-refractivity contribution in [1.29, 1.82) is 0 Å². The van der Waals surface area contributed by atoms with Crippen LogP contribution >= 0.6 is 11.8 Å². The molecule has 0 aliphatic heterocycles. The number of anilines is 1. The number of nitrogen functional groups attached to an aromatic ring is 1. The molecule has 0 atom stereocenters. The molecule has 1 rings (SSSR count). The lowest BCUT2D eigenvalue weighted by Crippen LogP contribution is -2.26. The summed E-state index contributed by atoms with van der Waals surface area (Å²) in [5.74, 6) is 6.05. The standard InChI is InChI=1S/C13H20N4O3S/c1-21-9-4-2-3-8-15-13(18)10-6-5-7-11(17(19)20)12(10)16-14/h5-7,16H,2-4,8-9,14H2,1H3,(H,15,18). The number of nitrogens with one attached hydrogen (secondary N) is 2. The maximum absolute atomic E-state index is 12.1. The molecule has 0 aliphatic carbocycles. The molecular weight excluding hydrogens is 292 g/mol. The lowest BCUT2D eigenvalue weighted by molar-refractivity contribution is -0.384. The molecule has 4 N–H and O–H groups in total. The summed E-state index contributed by atoms with van der Waals surface area (Å²) in [6.45, 7) is 0.542. The minimum absolute atomic E-state index is 0.0300. The first kappa shape index (κ1) is 17.3. The van der Waals surface area contributed by atoms with Crippen LogP contribution in [0.2, 0.25) is 0 Å². The van der Waals surface area contributed by atoms with Crippen molar-refractivity contribution in [2.75, 3.05) is 24.0 Å². The van der Waals surface area contributed by atoms with E-state index in [1.54, 1.807) is 11.8 Å². The monoisotopic (exact) mass is 312 g/mol. The van der Waals surface area contributed by atoms with E-state index in [9.17, 15) is 14.9 Å². The van der Waals surface area contributed by atoms with E-state index >= 15 is 0 Å². The van der Waals surface area contributed by atoms with Gasteiger partial charge in [-0.15, -0.1) is 0 Å². The number of nitrogens with zero attached hydrogens (tertiary/aromatic N) is 1. The highest BCUT2D eigenvalue weighted by Gasteiger charge is 2.20. The van der Waals surface area contributed by atoms with Crippen LogP contribution in [0.25, 0.3) is 0 Å². The number of nitro benzene ring substituents is 1. The van der Waals surface area contributed by atoms with Gasteiger partial charge in [0.15, 0.2) is 0 Å². The third kappa shape index (κ3) is 5.24. The number of nitro groups is 1. The number of para-hydroxylation sites is 1. The highest BCUT2D eigenvalue weighted by Crippen LogP contribution is 2.27. The van der Waals surface area contributed by atoms with Gasteiger partial charge in [-0.2, -0.15) is 11.8 Å². The second-order valence-electron chi connectivity index (χ2n) is 4.41. The third-order valence-corrected chi connectivity index (χ3v) is 3.64. The van der Waals surface area contributed by atoms with E-state index < -0.39 is 4.92 Å². The van der Waals surface area contributed by atoms with Crippen LogP contribution in [-0.2, 0) is 0 Å². The first-order valence-electron chi connectivity index (χ1n) is 6.63. The van der Waals surface area contributed by atoms with Crippen LogP contribution in [0.3, 0.4) is 0 Å². The van der Waals surface area contributed by atoms with Crippen LogP contribution in [0.15, 0.2) is 18.2 Å². The van der Waals surface area contributed by atoms with Gasteiger partial charge in [0.05, 0.1) is 10.5 Å². The fourth-order valence-corrected chi connectivity index (χ4v) is 2.37. The Morgan fingerprint density at radius 1 is 1.38 bits per heavy atom. The molecule has 0 saturated heterocycles. The summed E-state index contributed by atoms with van der Waals surface area (Å²) in [6, 6.07) is 4.27. The van der Waals surface area contributed by atoms with Gasteiger partial charge in [0.2, 0.25) is 0 Å². The van der Waals surface area contributed by atoms with E-state index in [0.29, 0.717) is 6.54 Å². The Hall–Kier alpha value is -1.80. The maximum Gasteiger partial charge on any atom is 0.294 e. The van der Waals surface area contributed by atoms with Gasteiger partial charge in [0.1, 0.15) is 5.69 Å². The topological polar surface area (TPSA) is 110 Å². The van der Waals surface area contributed by atoms with Gasteiger partial charge >= 0.3 is 0 Å². The molecule has 0 heterocycles. The van der Waals surface area contributed by atoms with E-state index in [1.807, 2.05) is 0 Å². The van der Waals surface area contributed by atoms with Crippen LogP contribution in [0.5, 0.6) is 0 Å². The Bertz CT molecular complexity index is 496. The van der Waals surface area contributed by atoms with E-state index in [1.165, 1.54) is 18.2 Å². The molecule has 0 saturated carbocycles. The summed E-state index contributed by atoms with van der Waals surface area (Å²) in [6.07, 6.45) is 5.10. The van der Waals surface area contributed by atoms with Crippen molar-refractivity contribution in [2.45, 2.75) is 19.3 Å². The van der Waals surface area contributed by atoms with Crippen molar-refractivity contribution in [1.82, 2.24) is 5.32 Å². The SMILES string of the molecule is CSCCCCCNC(=O)c1cccc([N+](=O)[O-])c1NN. The number of rotatable bonds is 9. The number of carbonyl (C=O) groups excluding carboxylic acids is 1. The molecular formula is C13H20N4O3S. The average Bonchev–Trinajstić information content (AvgIpc) is 2.49. The molecule has 1 aromatic rings. The summed E-state index contributed by atoms with van der Waals surface area (Å²) in [5.41, 5.74) is 2.23. The molecule has 7 nitrogen and oxygen atoms in total. The Morgan fingerprint density at radius 3 is 2.76 bits per heavy atom. The van der Waals surface area contributed by atoms with E-state index in [0.717, 1.165) is 25.0 Å². The second-order valence-corrected chi connectivity index (χ2v) is 5.40. The maximum atomic E-state index is 12.1. The molecule has 0 bridgehead atoms. The molecule has 8 heteroatoms. The Labute approximate surface area is 127 Å². The van der Waals surface area contributed by atoms with Gasteiger partial charge in [-0.1, -0.05) is 12.5 Å². The molecule has 0 spiro atoms.